The Balaban J connectivity index is 2.74. The number of carbonyl (C=O) groups is 2. The summed E-state index contributed by atoms with van der Waals surface area (Å²) in [6.45, 7) is 2.60. The maximum Gasteiger partial charge on any atom is 0.432 e. The lowest BCUT2D eigenvalue weighted by molar-refractivity contribution is -0.279. The van der Waals surface area contributed by atoms with Crippen LogP contribution in [0, 0.1) is 0 Å². The van der Waals surface area contributed by atoms with Crippen molar-refractivity contribution in [2.45, 2.75) is 76.2 Å². The van der Waals surface area contributed by atoms with E-state index in [0.717, 1.165) is 12.1 Å². The molecule has 0 saturated heterocycles. The molecule has 15 heteroatoms. The molecular formula is C29H37F5NO7PS. The predicted octanol–water partition coefficient (Wildman–Crippen LogP) is 7.63. The van der Waals surface area contributed by atoms with E-state index < -0.39 is 65.7 Å². The number of amides is 1. The minimum Gasteiger partial charge on any atom is -0.453 e. The fraction of sp³-hybridized carbons (Fsp3) is 0.517. The molecule has 0 saturated carbocycles. The summed E-state index contributed by atoms with van der Waals surface area (Å²) in [7, 11) is 0.671. The van der Waals surface area contributed by atoms with Crippen molar-refractivity contribution in [1.29, 1.82) is 0 Å². The summed E-state index contributed by atoms with van der Waals surface area (Å²) >= 11 is 5.13. The number of halogens is 5. The highest BCUT2D eigenvalue weighted by atomic mass is 32.5. The molecule has 0 heterocycles. The van der Waals surface area contributed by atoms with Crippen LogP contribution in [-0.2, 0) is 45.5 Å². The zero-order chi connectivity index (χ0) is 33.4. The number of alkyl halides is 5. The minimum absolute atomic E-state index is 0.0148. The number of esters is 1. The van der Waals surface area contributed by atoms with E-state index in [1.54, 1.807) is 6.07 Å². The Morgan fingerprint density at radius 1 is 0.886 bits per heavy atom. The van der Waals surface area contributed by atoms with E-state index in [4.69, 9.17) is 35.1 Å². The number of alkyl carbamates (subject to hydrolysis) is 1. The lowest BCUT2D eigenvalue weighted by Crippen LogP contribution is -2.53. The Morgan fingerprint density at radius 2 is 1.39 bits per heavy atom. The second-order valence-electron chi connectivity index (χ2n) is 10.4. The summed E-state index contributed by atoms with van der Waals surface area (Å²) in [4.78, 5) is 26.6. The summed E-state index contributed by atoms with van der Waals surface area (Å²) in [5.74, 6) is -1.96. The molecule has 1 amide bonds. The molecule has 0 spiro atoms. The van der Waals surface area contributed by atoms with E-state index in [1.807, 2.05) is 0 Å². The molecular weight excluding hydrogens is 632 g/mol. The highest BCUT2D eigenvalue weighted by molar-refractivity contribution is 8.10. The fourth-order valence-corrected chi connectivity index (χ4v) is 6.65. The van der Waals surface area contributed by atoms with Gasteiger partial charge in [-0.15, -0.1) is 0 Å². The van der Waals surface area contributed by atoms with Crippen molar-refractivity contribution >= 4 is 30.4 Å². The standard InChI is InChI=1S/C29H37F5NO7PS/c1-7-39-43(44,40-8-2)27(30,31)19-22(35-25(37)42-26(3,4)5)23(20-15-11-9-12-16-20)41-24(36)28(38-6,29(32,33)34)21-17-13-10-14-18-21/h9-18,22-23H,7-8,19H2,1-6H3,(H,35,37)/t22-,23+,28-/m1/s1. The molecule has 44 heavy (non-hydrogen) atoms. The monoisotopic (exact) mass is 669 g/mol. The van der Waals surface area contributed by atoms with Crippen LogP contribution >= 0.6 is 6.49 Å². The minimum atomic E-state index is -5.36. The summed E-state index contributed by atoms with van der Waals surface area (Å²) in [5, 5.41) is 2.26. The Hall–Kier alpha value is -2.64. The van der Waals surface area contributed by atoms with Gasteiger partial charge in [-0.25, -0.2) is 9.59 Å². The zero-order valence-electron chi connectivity index (χ0n) is 25.2. The van der Waals surface area contributed by atoms with E-state index in [2.05, 4.69) is 5.32 Å². The fourth-order valence-electron chi connectivity index (χ4n) is 4.25. The van der Waals surface area contributed by atoms with E-state index in [0.29, 0.717) is 7.11 Å². The molecule has 3 atom stereocenters. The molecule has 0 radical (unpaired) electrons. The van der Waals surface area contributed by atoms with Crippen molar-refractivity contribution in [2.75, 3.05) is 20.3 Å². The summed E-state index contributed by atoms with van der Waals surface area (Å²) in [6.07, 6.45) is -9.83. The lowest BCUT2D eigenvalue weighted by Gasteiger charge is -2.37. The van der Waals surface area contributed by atoms with Crippen LogP contribution in [0.3, 0.4) is 0 Å². The van der Waals surface area contributed by atoms with Crippen molar-refractivity contribution < 1.29 is 54.8 Å². The first kappa shape index (κ1) is 37.5. The third-order valence-electron chi connectivity index (χ3n) is 6.07. The Kier molecular flexibility index (Phi) is 12.9. The van der Waals surface area contributed by atoms with Gasteiger partial charge in [0.05, 0.1) is 19.3 Å². The quantitative estimate of drug-likeness (QED) is 0.125. The van der Waals surface area contributed by atoms with Gasteiger partial charge in [0.1, 0.15) is 11.7 Å². The third-order valence-corrected chi connectivity index (χ3v) is 9.68. The van der Waals surface area contributed by atoms with Gasteiger partial charge in [0.25, 0.3) is 12.1 Å². The third kappa shape index (κ3) is 8.97. The Morgan fingerprint density at radius 3 is 1.82 bits per heavy atom. The summed E-state index contributed by atoms with van der Waals surface area (Å²) < 4.78 is 102. The van der Waals surface area contributed by atoms with Crippen LogP contribution in [0.15, 0.2) is 60.7 Å². The molecule has 1 N–H and O–H groups in total. The van der Waals surface area contributed by atoms with Gasteiger partial charge < -0.3 is 28.6 Å². The largest absolute Gasteiger partial charge is 0.453 e. The van der Waals surface area contributed by atoms with Crippen molar-refractivity contribution in [3.8, 4) is 0 Å². The van der Waals surface area contributed by atoms with Gasteiger partial charge in [-0.2, -0.15) is 22.0 Å². The molecule has 0 aliphatic carbocycles. The van der Waals surface area contributed by atoms with Crippen LogP contribution in [-0.4, -0.2) is 55.9 Å². The first-order valence-corrected chi connectivity index (χ1v) is 16.2. The van der Waals surface area contributed by atoms with E-state index in [1.165, 1.54) is 77.1 Å². The normalized spacial score (nSPS) is 15.5. The second-order valence-corrected chi connectivity index (χ2v) is 14.0. The van der Waals surface area contributed by atoms with Crippen molar-refractivity contribution in [3.63, 3.8) is 0 Å². The summed E-state index contributed by atoms with van der Waals surface area (Å²) in [6, 6.07) is 11.2. The maximum absolute atomic E-state index is 16.0. The van der Waals surface area contributed by atoms with Crippen molar-refractivity contribution in [3.05, 3.63) is 71.8 Å². The van der Waals surface area contributed by atoms with Gasteiger partial charge in [0, 0.05) is 19.1 Å². The molecule has 0 fully saturated rings. The van der Waals surface area contributed by atoms with Crippen molar-refractivity contribution in [2.24, 2.45) is 0 Å². The van der Waals surface area contributed by atoms with Gasteiger partial charge in [-0.3, -0.25) is 0 Å². The molecule has 2 aromatic carbocycles. The maximum atomic E-state index is 16.0. The van der Waals surface area contributed by atoms with Crippen LogP contribution in [0.1, 0.15) is 58.3 Å². The highest BCUT2D eigenvalue weighted by Crippen LogP contribution is 2.64. The van der Waals surface area contributed by atoms with Crippen LogP contribution < -0.4 is 5.32 Å². The highest BCUT2D eigenvalue weighted by Gasteiger charge is 2.65. The number of benzene rings is 2. The van der Waals surface area contributed by atoms with Gasteiger partial charge in [-0.05, 0) is 52.0 Å². The average Bonchev–Trinajstić information content (AvgIpc) is 2.91. The molecule has 2 rings (SSSR count). The van der Waals surface area contributed by atoms with E-state index >= 15 is 8.78 Å². The molecule has 0 unspecified atom stereocenters. The molecule has 0 bridgehead atoms. The van der Waals surface area contributed by atoms with Gasteiger partial charge in [0.15, 0.2) is 0 Å². The molecule has 0 aromatic heterocycles. The summed E-state index contributed by atoms with van der Waals surface area (Å²) in [5.41, 5.74) is -9.33. The first-order valence-electron chi connectivity index (χ1n) is 13.6. The van der Waals surface area contributed by atoms with Crippen LogP contribution in [0.4, 0.5) is 26.7 Å². The number of carbonyl (C=O) groups excluding carboxylic acids is 2. The van der Waals surface area contributed by atoms with Gasteiger partial charge in [0.2, 0.25) is 0 Å². The van der Waals surface area contributed by atoms with Crippen LogP contribution in [0.5, 0.6) is 0 Å². The number of hydrogen-bond acceptors (Lipinski definition) is 8. The topological polar surface area (TPSA) is 92.3 Å². The molecule has 2 aromatic rings. The van der Waals surface area contributed by atoms with Crippen molar-refractivity contribution in [1.82, 2.24) is 5.32 Å². The number of ether oxygens (including phenoxy) is 3. The van der Waals surface area contributed by atoms with Gasteiger partial charge in [-0.1, -0.05) is 60.7 Å². The smallest absolute Gasteiger partial charge is 0.432 e. The molecule has 0 aliphatic heterocycles. The lowest BCUT2D eigenvalue weighted by atomic mass is 9.92. The zero-order valence-corrected chi connectivity index (χ0v) is 26.9. The van der Waals surface area contributed by atoms with Crippen LogP contribution in [0.25, 0.3) is 0 Å². The van der Waals surface area contributed by atoms with E-state index in [-0.39, 0.29) is 18.8 Å². The second kappa shape index (κ2) is 15.1. The SMILES string of the molecule is CCOP(=S)(OCC)C(F)(F)C[C@@H](NC(=O)OC(C)(C)C)[C@@H](OC(=O)[C@](OC)(c1ccccc1)C(F)(F)F)c1ccccc1. The Bertz CT molecular complexity index is 1270. The molecule has 0 aliphatic rings. The first-order chi connectivity index (χ1) is 20.4. The van der Waals surface area contributed by atoms with E-state index in [9.17, 15) is 22.8 Å². The average molecular weight is 670 g/mol. The molecule has 246 valence electrons. The number of hydrogen-bond donors (Lipinski definition) is 1. The molecule has 8 nitrogen and oxygen atoms in total. The number of nitrogens with one attached hydrogen (secondary N) is 1. The van der Waals surface area contributed by atoms with Gasteiger partial charge >= 0.3 is 23.9 Å². The number of methoxy groups -OCH3 is 1. The van der Waals surface area contributed by atoms with Crippen LogP contribution in [0.2, 0.25) is 0 Å². The Labute approximate surface area is 258 Å². The predicted molar refractivity (Wildman–Crippen MR) is 157 cm³/mol. The number of rotatable bonds is 14.